The van der Waals surface area contributed by atoms with Crippen LogP contribution in [0.4, 0.5) is 10.5 Å². The quantitative estimate of drug-likeness (QED) is 0.763. The Bertz CT molecular complexity index is 873. The second kappa shape index (κ2) is 8.02. The van der Waals surface area contributed by atoms with Gasteiger partial charge in [0.15, 0.2) is 0 Å². The third-order valence-corrected chi connectivity index (χ3v) is 4.75. The Morgan fingerprint density at radius 2 is 1.79 bits per heavy atom. The van der Waals surface area contributed by atoms with Gasteiger partial charge in [0, 0.05) is 12.1 Å². The number of benzene rings is 2. The second-order valence-corrected chi connectivity index (χ2v) is 8.02. The lowest BCUT2D eigenvalue weighted by Crippen LogP contribution is -2.44. The largest absolute Gasteiger partial charge is 0.394 e. The fourth-order valence-corrected chi connectivity index (χ4v) is 3.48. The maximum Gasteiger partial charge on any atom is 0.322 e. The summed E-state index contributed by atoms with van der Waals surface area (Å²) in [5.74, 6) is -0.244. The zero-order valence-corrected chi connectivity index (χ0v) is 16.5. The van der Waals surface area contributed by atoms with Gasteiger partial charge in [-0.05, 0) is 50.5 Å². The number of nitrogens with one attached hydrogen (secondary N) is 2. The minimum absolute atomic E-state index is 0.156. The van der Waals surface area contributed by atoms with Crippen LogP contribution in [0.3, 0.4) is 0 Å². The number of hydrogen-bond acceptors (Lipinski definition) is 3. The molecule has 0 spiro atoms. The minimum Gasteiger partial charge on any atom is -0.394 e. The first kappa shape index (κ1) is 19.9. The topological polar surface area (TPSA) is 81.7 Å². The molecule has 0 unspecified atom stereocenters. The Labute approximate surface area is 165 Å². The van der Waals surface area contributed by atoms with Crippen LogP contribution in [0.1, 0.15) is 48.3 Å². The summed E-state index contributed by atoms with van der Waals surface area (Å²) in [5, 5.41) is 15.7. The van der Waals surface area contributed by atoms with Crippen LogP contribution in [0.15, 0.2) is 48.5 Å². The van der Waals surface area contributed by atoms with Gasteiger partial charge in [-0.25, -0.2) is 4.79 Å². The van der Waals surface area contributed by atoms with Crippen molar-refractivity contribution in [2.75, 3.05) is 18.5 Å². The number of carbonyl (C=O) groups excluding carboxylic acids is 2. The molecule has 1 aliphatic heterocycles. The van der Waals surface area contributed by atoms with Crippen LogP contribution in [0.25, 0.3) is 0 Å². The maximum atomic E-state index is 13.0. The molecule has 2 aromatic rings. The van der Waals surface area contributed by atoms with Crippen LogP contribution in [0, 0.1) is 0 Å². The lowest BCUT2D eigenvalue weighted by molar-refractivity contribution is 0.0920. The molecule has 0 saturated heterocycles. The zero-order valence-electron chi connectivity index (χ0n) is 16.5. The number of aliphatic hydroxyl groups is 1. The van der Waals surface area contributed by atoms with Crippen molar-refractivity contribution in [3.63, 3.8) is 0 Å². The third kappa shape index (κ3) is 4.34. The van der Waals surface area contributed by atoms with Crippen LogP contribution in [0.5, 0.6) is 0 Å². The number of fused-ring (bicyclic) bond motifs is 1. The number of anilines is 1. The van der Waals surface area contributed by atoms with E-state index in [1.807, 2.05) is 45.0 Å². The summed E-state index contributed by atoms with van der Waals surface area (Å²) >= 11 is 0. The highest BCUT2D eigenvalue weighted by Crippen LogP contribution is 2.30. The summed E-state index contributed by atoms with van der Waals surface area (Å²) in [6, 6.07) is 14.1. The highest BCUT2D eigenvalue weighted by molar-refractivity contribution is 6.03. The molecule has 0 radical (unpaired) electrons. The van der Waals surface area contributed by atoms with Gasteiger partial charge in [-0.2, -0.15) is 0 Å². The number of nitrogens with zero attached hydrogens (tertiary/aromatic N) is 1. The van der Waals surface area contributed by atoms with Gasteiger partial charge in [0.2, 0.25) is 0 Å². The van der Waals surface area contributed by atoms with Gasteiger partial charge in [0.25, 0.3) is 5.91 Å². The van der Waals surface area contributed by atoms with Gasteiger partial charge in [0.05, 0.1) is 23.9 Å². The normalized spacial score (nSPS) is 16.3. The summed E-state index contributed by atoms with van der Waals surface area (Å²) in [7, 11) is 0. The van der Waals surface area contributed by atoms with E-state index in [1.54, 1.807) is 29.2 Å². The van der Waals surface area contributed by atoms with Gasteiger partial charge >= 0.3 is 6.03 Å². The highest BCUT2D eigenvalue weighted by Gasteiger charge is 2.30. The van der Waals surface area contributed by atoms with Gasteiger partial charge in [-0.15, -0.1) is 0 Å². The Morgan fingerprint density at radius 3 is 2.50 bits per heavy atom. The first-order chi connectivity index (χ1) is 13.3. The van der Waals surface area contributed by atoms with Crippen molar-refractivity contribution in [2.24, 2.45) is 0 Å². The van der Waals surface area contributed by atoms with Crippen LogP contribution in [0.2, 0.25) is 0 Å². The molecule has 0 aromatic heterocycles. The minimum atomic E-state index is -0.402. The molecule has 2 aromatic carbocycles. The molecule has 3 rings (SSSR count). The SMILES string of the molecule is CC(C)(C)NC(=O)c1ccccc1NC(=O)N1CCc2ccccc2[C@H]1CO. The average molecular weight is 381 g/mol. The van der Waals surface area contributed by atoms with E-state index < -0.39 is 6.04 Å². The van der Waals surface area contributed by atoms with Crippen molar-refractivity contribution < 1.29 is 14.7 Å². The van der Waals surface area contributed by atoms with E-state index >= 15 is 0 Å². The molecule has 0 saturated carbocycles. The summed E-state index contributed by atoms with van der Waals surface area (Å²) in [5.41, 5.74) is 2.58. The molecule has 6 nitrogen and oxygen atoms in total. The van der Waals surface area contributed by atoms with Crippen molar-refractivity contribution in [1.29, 1.82) is 0 Å². The van der Waals surface area contributed by atoms with E-state index in [4.69, 9.17) is 0 Å². The second-order valence-electron chi connectivity index (χ2n) is 8.02. The number of rotatable bonds is 3. The number of urea groups is 1. The molecular formula is C22H27N3O3. The molecule has 0 fully saturated rings. The third-order valence-electron chi connectivity index (χ3n) is 4.75. The lowest BCUT2D eigenvalue weighted by Gasteiger charge is -2.36. The number of carbonyl (C=O) groups is 2. The van der Waals surface area contributed by atoms with Crippen molar-refractivity contribution in [3.05, 3.63) is 65.2 Å². The van der Waals surface area contributed by atoms with E-state index in [2.05, 4.69) is 10.6 Å². The van der Waals surface area contributed by atoms with Gasteiger partial charge in [-0.1, -0.05) is 36.4 Å². The Hall–Kier alpha value is -2.86. The van der Waals surface area contributed by atoms with Crippen LogP contribution in [-0.2, 0) is 6.42 Å². The molecule has 1 atom stereocenters. The molecule has 3 amide bonds. The molecule has 148 valence electrons. The first-order valence-electron chi connectivity index (χ1n) is 9.48. The van der Waals surface area contributed by atoms with Crippen molar-refractivity contribution in [3.8, 4) is 0 Å². The fourth-order valence-electron chi connectivity index (χ4n) is 3.48. The maximum absolute atomic E-state index is 13.0. The number of para-hydroxylation sites is 1. The smallest absolute Gasteiger partial charge is 0.322 e. The zero-order chi connectivity index (χ0) is 20.3. The van der Waals surface area contributed by atoms with Gasteiger partial charge in [-0.3, -0.25) is 4.79 Å². The number of hydrogen-bond donors (Lipinski definition) is 3. The summed E-state index contributed by atoms with van der Waals surface area (Å²) in [6.45, 7) is 6.07. The fraction of sp³-hybridized carbons (Fsp3) is 0.364. The molecule has 3 N–H and O–H groups in total. The molecule has 1 aliphatic rings. The first-order valence-corrected chi connectivity index (χ1v) is 9.48. The van der Waals surface area contributed by atoms with Crippen LogP contribution < -0.4 is 10.6 Å². The average Bonchev–Trinajstić information content (AvgIpc) is 2.66. The molecular weight excluding hydrogens is 354 g/mol. The molecule has 0 bridgehead atoms. The van der Waals surface area contributed by atoms with Crippen molar-refractivity contribution in [2.45, 2.75) is 38.8 Å². The standard InChI is InChI=1S/C22H27N3O3/c1-22(2,3)24-20(27)17-10-6-7-11-18(17)23-21(28)25-13-12-15-8-4-5-9-16(15)19(25)14-26/h4-11,19,26H,12-14H2,1-3H3,(H,23,28)(H,24,27)/t19-/m1/s1. The van der Waals surface area contributed by atoms with Crippen molar-refractivity contribution in [1.82, 2.24) is 10.2 Å². The van der Waals surface area contributed by atoms with Crippen molar-refractivity contribution >= 4 is 17.6 Å². The predicted molar refractivity (Wildman–Crippen MR) is 109 cm³/mol. The van der Waals surface area contributed by atoms with Crippen LogP contribution >= 0.6 is 0 Å². The highest BCUT2D eigenvalue weighted by atomic mass is 16.3. The Balaban J connectivity index is 1.81. The summed E-state index contributed by atoms with van der Waals surface area (Å²) < 4.78 is 0. The van der Waals surface area contributed by atoms with Crippen LogP contribution in [-0.4, -0.2) is 40.6 Å². The van der Waals surface area contributed by atoms with E-state index in [0.29, 0.717) is 17.8 Å². The Kier molecular flexibility index (Phi) is 5.70. The molecule has 0 aliphatic carbocycles. The summed E-state index contributed by atoms with van der Waals surface area (Å²) in [6.07, 6.45) is 0.728. The van der Waals surface area contributed by atoms with Gasteiger partial charge in [0.1, 0.15) is 0 Å². The van der Waals surface area contributed by atoms with E-state index in [1.165, 1.54) is 0 Å². The predicted octanol–water partition coefficient (Wildman–Crippen LogP) is 3.34. The van der Waals surface area contributed by atoms with E-state index in [9.17, 15) is 14.7 Å². The van der Waals surface area contributed by atoms with E-state index in [0.717, 1.165) is 17.5 Å². The van der Waals surface area contributed by atoms with E-state index in [-0.39, 0.29) is 24.1 Å². The van der Waals surface area contributed by atoms with Gasteiger partial charge < -0.3 is 20.6 Å². The monoisotopic (exact) mass is 381 g/mol. The Morgan fingerprint density at radius 1 is 1.11 bits per heavy atom. The number of amides is 3. The molecule has 28 heavy (non-hydrogen) atoms. The number of aliphatic hydroxyl groups excluding tert-OH is 1. The lowest BCUT2D eigenvalue weighted by atomic mass is 9.93. The molecule has 1 heterocycles. The molecule has 6 heteroatoms. The summed E-state index contributed by atoms with van der Waals surface area (Å²) in [4.78, 5) is 27.2.